The standard InChI is InChI=1S/C12H15Cl2NO/c1-2-15-9-6-10(7-9)16-12-4-3-8(13)5-11(12)14/h3-5,9-10,15H,2,6-7H2,1H3. The van der Waals surface area contributed by atoms with Gasteiger partial charge in [-0.3, -0.25) is 0 Å². The quantitative estimate of drug-likeness (QED) is 0.894. The highest BCUT2D eigenvalue weighted by Gasteiger charge is 2.30. The Morgan fingerprint density at radius 1 is 1.38 bits per heavy atom. The Balaban J connectivity index is 1.87. The number of rotatable bonds is 4. The first kappa shape index (κ1) is 12.0. The number of nitrogens with one attached hydrogen (secondary N) is 1. The Kier molecular flexibility index (Phi) is 3.95. The van der Waals surface area contributed by atoms with E-state index in [2.05, 4.69) is 12.2 Å². The maximum Gasteiger partial charge on any atom is 0.138 e. The van der Waals surface area contributed by atoms with Crippen molar-refractivity contribution in [3.8, 4) is 5.75 Å². The van der Waals surface area contributed by atoms with Gasteiger partial charge in [-0.05, 0) is 37.6 Å². The Morgan fingerprint density at radius 2 is 2.12 bits per heavy atom. The summed E-state index contributed by atoms with van der Waals surface area (Å²) in [6.45, 7) is 3.13. The molecular weight excluding hydrogens is 245 g/mol. The zero-order valence-electron chi connectivity index (χ0n) is 9.17. The minimum Gasteiger partial charge on any atom is -0.489 e. The number of hydrogen-bond donors (Lipinski definition) is 1. The van der Waals surface area contributed by atoms with Crippen LogP contribution in [0.15, 0.2) is 18.2 Å². The third-order valence-electron chi connectivity index (χ3n) is 2.78. The SMILES string of the molecule is CCNC1CC(Oc2ccc(Cl)cc2Cl)C1. The second-order valence-corrected chi connectivity index (χ2v) is 4.88. The molecule has 2 rings (SSSR count). The van der Waals surface area contributed by atoms with E-state index in [4.69, 9.17) is 27.9 Å². The first-order valence-electron chi connectivity index (χ1n) is 5.54. The van der Waals surface area contributed by atoms with Gasteiger partial charge in [-0.25, -0.2) is 0 Å². The topological polar surface area (TPSA) is 21.3 Å². The first-order chi connectivity index (χ1) is 7.69. The van der Waals surface area contributed by atoms with E-state index >= 15 is 0 Å². The summed E-state index contributed by atoms with van der Waals surface area (Å²) in [6, 6.07) is 5.92. The van der Waals surface area contributed by atoms with Gasteiger partial charge in [0.2, 0.25) is 0 Å². The van der Waals surface area contributed by atoms with E-state index in [9.17, 15) is 0 Å². The number of benzene rings is 1. The van der Waals surface area contributed by atoms with E-state index in [1.807, 2.05) is 6.07 Å². The molecule has 0 saturated heterocycles. The van der Waals surface area contributed by atoms with Crippen LogP contribution in [0.1, 0.15) is 19.8 Å². The zero-order chi connectivity index (χ0) is 11.5. The highest BCUT2D eigenvalue weighted by molar-refractivity contribution is 6.35. The van der Waals surface area contributed by atoms with Gasteiger partial charge in [-0.1, -0.05) is 30.1 Å². The predicted octanol–water partition coefficient (Wildman–Crippen LogP) is 3.51. The van der Waals surface area contributed by atoms with Crippen LogP contribution in [0.25, 0.3) is 0 Å². The van der Waals surface area contributed by atoms with Crippen LogP contribution in [0.5, 0.6) is 5.75 Å². The molecule has 0 aromatic heterocycles. The average molecular weight is 260 g/mol. The highest BCUT2D eigenvalue weighted by atomic mass is 35.5. The van der Waals surface area contributed by atoms with Crippen molar-refractivity contribution in [1.29, 1.82) is 0 Å². The van der Waals surface area contributed by atoms with Crippen molar-refractivity contribution < 1.29 is 4.74 Å². The maximum atomic E-state index is 6.03. The first-order valence-corrected chi connectivity index (χ1v) is 6.29. The van der Waals surface area contributed by atoms with Gasteiger partial charge in [0.05, 0.1) is 5.02 Å². The Hall–Kier alpha value is -0.440. The Morgan fingerprint density at radius 3 is 2.75 bits per heavy atom. The molecule has 0 amide bonds. The molecule has 0 bridgehead atoms. The van der Waals surface area contributed by atoms with Gasteiger partial charge in [0.15, 0.2) is 0 Å². The van der Waals surface area contributed by atoms with Gasteiger partial charge < -0.3 is 10.1 Å². The summed E-state index contributed by atoms with van der Waals surface area (Å²) < 4.78 is 5.78. The van der Waals surface area contributed by atoms with Crippen molar-refractivity contribution in [3.63, 3.8) is 0 Å². The van der Waals surface area contributed by atoms with Crippen LogP contribution in [0.4, 0.5) is 0 Å². The average Bonchev–Trinajstić information content (AvgIpc) is 2.18. The zero-order valence-corrected chi connectivity index (χ0v) is 10.7. The van der Waals surface area contributed by atoms with Gasteiger partial charge >= 0.3 is 0 Å². The molecule has 1 aliphatic rings. The Bertz CT molecular complexity index is 364. The molecule has 1 fully saturated rings. The van der Waals surface area contributed by atoms with E-state index in [0.717, 1.165) is 25.1 Å². The monoisotopic (exact) mass is 259 g/mol. The van der Waals surface area contributed by atoms with Gasteiger partial charge in [-0.15, -0.1) is 0 Å². The molecule has 4 heteroatoms. The number of halogens is 2. The normalized spacial score (nSPS) is 23.9. The lowest BCUT2D eigenvalue weighted by Crippen LogP contribution is -2.46. The molecular formula is C12H15Cl2NO. The smallest absolute Gasteiger partial charge is 0.138 e. The summed E-state index contributed by atoms with van der Waals surface area (Å²) in [5, 5.41) is 4.61. The van der Waals surface area contributed by atoms with E-state index < -0.39 is 0 Å². The van der Waals surface area contributed by atoms with E-state index in [0.29, 0.717) is 16.1 Å². The van der Waals surface area contributed by atoms with Crippen LogP contribution in [0.3, 0.4) is 0 Å². The van der Waals surface area contributed by atoms with Crippen molar-refractivity contribution >= 4 is 23.2 Å². The lowest BCUT2D eigenvalue weighted by Gasteiger charge is -2.36. The molecule has 1 aliphatic carbocycles. The van der Waals surface area contributed by atoms with Crippen molar-refractivity contribution in [3.05, 3.63) is 28.2 Å². The molecule has 1 aromatic rings. The van der Waals surface area contributed by atoms with Crippen molar-refractivity contribution in [2.75, 3.05) is 6.54 Å². The summed E-state index contributed by atoms with van der Waals surface area (Å²) in [5.41, 5.74) is 0. The van der Waals surface area contributed by atoms with Crippen LogP contribution in [0.2, 0.25) is 10.0 Å². The molecule has 2 nitrogen and oxygen atoms in total. The number of ether oxygens (including phenoxy) is 1. The second-order valence-electron chi connectivity index (χ2n) is 4.04. The van der Waals surface area contributed by atoms with Crippen molar-refractivity contribution in [2.45, 2.75) is 31.9 Å². The lowest BCUT2D eigenvalue weighted by atomic mass is 9.89. The fourth-order valence-corrected chi connectivity index (χ4v) is 2.32. The highest BCUT2D eigenvalue weighted by Crippen LogP contribution is 2.32. The largest absolute Gasteiger partial charge is 0.489 e. The molecule has 1 N–H and O–H groups in total. The van der Waals surface area contributed by atoms with Crippen molar-refractivity contribution in [1.82, 2.24) is 5.32 Å². The molecule has 1 saturated carbocycles. The van der Waals surface area contributed by atoms with Gasteiger partial charge in [0.25, 0.3) is 0 Å². The fourth-order valence-electron chi connectivity index (χ4n) is 1.87. The molecule has 1 aromatic carbocycles. The summed E-state index contributed by atoms with van der Waals surface area (Å²) in [4.78, 5) is 0. The molecule has 0 atom stereocenters. The molecule has 0 unspecified atom stereocenters. The molecule has 0 heterocycles. The van der Waals surface area contributed by atoms with Gasteiger partial charge in [-0.2, -0.15) is 0 Å². The van der Waals surface area contributed by atoms with Gasteiger partial charge in [0, 0.05) is 11.1 Å². The lowest BCUT2D eigenvalue weighted by molar-refractivity contribution is 0.0860. The van der Waals surface area contributed by atoms with E-state index in [1.165, 1.54) is 0 Å². The number of hydrogen-bond acceptors (Lipinski definition) is 2. The third-order valence-corrected chi connectivity index (χ3v) is 3.31. The summed E-state index contributed by atoms with van der Waals surface area (Å²) in [5.74, 6) is 0.728. The van der Waals surface area contributed by atoms with Crippen LogP contribution < -0.4 is 10.1 Å². The Labute approximate surface area is 106 Å². The molecule has 88 valence electrons. The molecule has 0 radical (unpaired) electrons. The van der Waals surface area contributed by atoms with Crippen LogP contribution >= 0.6 is 23.2 Å². The van der Waals surface area contributed by atoms with E-state index in [1.54, 1.807) is 12.1 Å². The van der Waals surface area contributed by atoms with Crippen LogP contribution in [-0.4, -0.2) is 18.7 Å². The summed E-state index contributed by atoms with van der Waals surface area (Å²) >= 11 is 11.8. The summed E-state index contributed by atoms with van der Waals surface area (Å²) in [7, 11) is 0. The third kappa shape index (κ3) is 2.82. The van der Waals surface area contributed by atoms with Crippen LogP contribution in [-0.2, 0) is 0 Å². The minimum absolute atomic E-state index is 0.280. The van der Waals surface area contributed by atoms with Crippen molar-refractivity contribution in [2.24, 2.45) is 0 Å². The molecule has 16 heavy (non-hydrogen) atoms. The fraction of sp³-hybridized carbons (Fsp3) is 0.500. The predicted molar refractivity (Wildman–Crippen MR) is 67.6 cm³/mol. The summed E-state index contributed by atoms with van der Waals surface area (Å²) in [6.07, 6.45) is 2.38. The second kappa shape index (κ2) is 5.26. The maximum absolute atomic E-state index is 6.03. The molecule has 0 aliphatic heterocycles. The molecule has 0 spiro atoms. The minimum atomic E-state index is 0.280. The van der Waals surface area contributed by atoms with Crippen LogP contribution in [0, 0.1) is 0 Å². The van der Waals surface area contributed by atoms with E-state index in [-0.39, 0.29) is 6.10 Å². The van der Waals surface area contributed by atoms with Gasteiger partial charge in [0.1, 0.15) is 11.9 Å².